The van der Waals surface area contributed by atoms with Gasteiger partial charge in [-0.15, -0.1) is 0 Å². The van der Waals surface area contributed by atoms with Crippen molar-refractivity contribution in [2.24, 2.45) is 11.8 Å². The van der Waals surface area contributed by atoms with Gasteiger partial charge >= 0.3 is 0 Å². The Bertz CT molecular complexity index is 748. The van der Waals surface area contributed by atoms with Crippen LogP contribution in [0.1, 0.15) is 49.9 Å². The predicted octanol–water partition coefficient (Wildman–Crippen LogP) is 2.31. The van der Waals surface area contributed by atoms with E-state index in [2.05, 4.69) is 5.32 Å². The summed E-state index contributed by atoms with van der Waals surface area (Å²) in [6.45, 7) is 6.57. The Kier molecular flexibility index (Phi) is 7.34. The summed E-state index contributed by atoms with van der Waals surface area (Å²) in [7, 11) is 1.58. The monoisotopic (exact) mass is 415 g/mol. The van der Waals surface area contributed by atoms with Crippen molar-refractivity contribution < 1.29 is 19.1 Å². The Hall–Kier alpha value is -2.57. The zero-order valence-electron chi connectivity index (χ0n) is 18.2. The minimum atomic E-state index is -0.561. The number of hydrogen-bond acceptors (Lipinski definition) is 4. The van der Waals surface area contributed by atoms with Crippen LogP contribution in [-0.2, 0) is 9.59 Å². The number of hydrogen-bond donors (Lipinski definition) is 1. The first-order chi connectivity index (χ1) is 14.4. The minimum absolute atomic E-state index is 0.00278. The van der Waals surface area contributed by atoms with Crippen molar-refractivity contribution >= 4 is 17.7 Å². The van der Waals surface area contributed by atoms with Crippen LogP contribution in [0.25, 0.3) is 0 Å². The molecule has 0 spiro atoms. The molecule has 2 saturated heterocycles. The van der Waals surface area contributed by atoms with Crippen LogP contribution in [0.4, 0.5) is 0 Å². The summed E-state index contributed by atoms with van der Waals surface area (Å²) in [6.07, 6.45) is 3.44. The first-order valence-electron chi connectivity index (χ1n) is 10.9. The van der Waals surface area contributed by atoms with Crippen molar-refractivity contribution in [1.29, 1.82) is 0 Å². The molecule has 1 atom stereocenters. The van der Waals surface area contributed by atoms with E-state index < -0.39 is 6.04 Å². The standard InChI is InChI=1S/C23H33N3O4/c1-16(2)22(28)26-14-10-17(11-15-26)20(23(29)25-12-4-5-13-25)24-21(27)18-6-8-19(30-3)9-7-18/h6-9,16-17,20H,4-5,10-15H2,1-3H3,(H,24,27)/t20-/m1/s1. The van der Waals surface area contributed by atoms with Crippen LogP contribution in [-0.4, -0.2) is 66.9 Å². The summed E-state index contributed by atoms with van der Waals surface area (Å²) in [4.78, 5) is 42.2. The molecule has 0 saturated carbocycles. The van der Waals surface area contributed by atoms with Gasteiger partial charge in [-0.3, -0.25) is 14.4 Å². The lowest BCUT2D eigenvalue weighted by molar-refractivity contribution is -0.137. The molecule has 1 aromatic carbocycles. The molecule has 3 amide bonds. The van der Waals surface area contributed by atoms with E-state index in [9.17, 15) is 14.4 Å². The van der Waals surface area contributed by atoms with Crippen molar-refractivity contribution in [1.82, 2.24) is 15.1 Å². The van der Waals surface area contributed by atoms with Gasteiger partial charge in [0.2, 0.25) is 11.8 Å². The van der Waals surface area contributed by atoms with Gasteiger partial charge < -0.3 is 19.9 Å². The molecule has 0 radical (unpaired) electrons. The number of benzene rings is 1. The fourth-order valence-corrected chi connectivity index (χ4v) is 4.30. The lowest BCUT2D eigenvalue weighted by Crippen LogP contribution is -2.54. The maximum Gasteiger partial charge on any atom is 0.251 e. The molecule has 7 heteroatoms. The number of carbonyl (C=O) groups is 3. The van der Waals surface area contributed by atoms with Gasteiger partial charge in [0.05, 0.1) is 7.11 Å². The molecule has 7 nitrogen and oxygen atoms in total. The largest absolute Gasteiger partial charge is 0.497 e. The number of likely N-dealkylation sites (tertiary alicyclic amines) is 2. The molecule has 0 bridgehead atoms. The predicted molar refractivity (Wildman–Crippen MR) is 114 cm³/mol. The van der Waals surface area contributed by atoms with Crippen LogP contribution in [0, 0.1) is 11.8 Å². The van der Waals surface area contributed by atoms with Gasteiger partial charge in [0.1, 0.15) is 11.8 Å². The molecule has 2 aliphatic rings. The summed E-state index contributed by atoms with van der Waals surface area (Å²) < 4.78 is 5.15. The summed E-state index contributed by atoms with van der Waals surface area (Å²) in [5.74, 6) is 0.574. The first kappa shape index (κ1) is 22.1. The molecule has 0 aromatic heterocycles. The van der Waals surface area contributed by atoms with Crippen molar-refractivity contribution in [3.05, 3.63) is 29.8 Å². The number of nitrogens with one attached hydrogen (secondary N) is 1. The number of rotatable bonds is 6. The van der Waals surface area contributed by atoms with Gasteiger partial charge in [0.15, 0.2) is 0 Å². The second-order valence-corrected chi connectivity index (χ2v) is 8.53. The Morgan fingerprint density at radius 1 is 0.933 bits per heavy atom. The quantitative estimate of drug-likeness (QED) is 0.773. The van der Waals surface area contributed by atoms with Gasteiger partial charge in [-0.25, -0.2) is 0 Å². The normalized spacial score (nSPS) is 18.4. The highest BCUT2D eigenvalue weighted by atomic mass is 16.5. The SMILES string of the molecule is COc1ccc(C(=O)N[C@@H](C(=O)N2CCCC2)C2CCN(C(=O)C(C)C)CC2)cc1. The fraction of sp³-hybridized carbons (Fsp3) is 0.609. The molecule has 1 aromatic rings. The number of nitrogens with zero attached hydrogens (tertiary/aromatic N) is 2. The minimum Gasteiger partial charge on any atom is -0.497 e. The number of amides is 3. The van der Waals surface area contributed by atoms with E-state index in [4.69, 9.17) is 4.74 Å². The van der Waals surface area contributed by atoms with Gasteiger partial charge in [-0.05, 0) is 55.9 Å². The van der Waals surface area contributed by atoms with E-state index in [1.807, 2.05) is 23.6 Å². The number of piperidine rings is 1. The van der Waals surface area contributed by atoms with Gasteiger partial charge in [0.25, 0.3) is 5.91 Å². The molecule has 2 aliphatic heterocycles. The summed E-state index contributed by atoms with van der Waals surface area (Å²) in [5.41, 5.74) is 0.502. The van der Waals surface area contributed by atoms with Crippen molar-refractivity contribution in [3.63, 3.8) is 0 Å². The third kappa shape index (κ3) is 5.12. The molecule has 3 rings (SSSR count). The Labute approximate surface area is 178 Å². The molecule has 0 aliphatic carbocycles. The highest BCUT2D eigenvalue weighted by Crippen LogP contribution is 2.25. The third-order valence-electron chi connectivity index (χ3n) is 6.14. The van der Waals surface area contributed by atoms with Gasteiger partial charge in [-0.2, -0.15) is 0 Å². The Balaban J connectivity index is 1.71. The van der Waals surface area contributed by atoms with Crippen molar-refractivity contribution in [2.75, 3.05) is 33.3 Å². The maximum atomic E-state index is 13.2. The highest BCUT2D eigenvalue weighted by Gasteiger charge is 2.37. The molecular formula is C23H33N3O4. The average Bonchev–Trinajstić information content (AvgIpc) is 3.31. The zero-order valence-corrected chi connectivity index (χ0v) is 18.2. The second kappa shape index (κ2) is 9.96. The topological polar surface area (TPSA) is 79.0 Å². The van der Waals surface area contributed by atoms with E-state index in [-0.39, 0.29) is 29.6 Å². The van der Waals surface area contributed by atoms with Crippen molar-refractivity contribution in [3.8, 4) is 5.75 Å². The van der Waals surface area contributed by atoms with Crippen LogP contribution >= 0.6 is 0 Å². The van der Waals surface area contributed by atoms with E-state index in [0.29, 0.717) is 37.2 Å². The van der Waals surface area contributed by atoms with Crippen LogP contribution < -0.4 is 10.1 Å². The molecular weight excluding hydrogens is 382 g/mol. The Morgan fingerprint density at radius 3 is 2.03 bits per heavy atom. The van der Waals surface area contributed by atoms with Crippen LogP contribution in [0.5, 0.6) is 5.75 Å². The van der Waals surface area contributed by atoms with Crippen molar-refractivity contribution in [2.45, 2.75) is 45.6 Å². The summed E-state index contributed by atoms with van der Waals surface area (Å²) in [5, 5.41) is 3.01. The lowest BCUT2D eigenvalue weighted by atomic mass is 9.87. The molecule has 2 heterocycles. The average molecular weight is 416 g/mol. The fourth-order valence-electron chi connectivity index (χ4n) is 4.30. The molecule has 164 valence electrons. The van der Waals surface area contributed by atoms with E-state index >= 15 is 0 Å². The summed E-state index contributed by atoms with van der Waals surface area (Å²) >= 11 is 0. The van der Waals surface area contributed by atoms with Crippen LogP contribution in [0.2, 0.25) is 0 Å². The van der Waals surface area contributed by atoms with Crippen LogP contribution in [0.3, 0.4) is 0 Å². The lowest BCUT2D eigenvalue weighted by Gasteiger charge is -2.37. The molecule has 1 N–H and O–H groups in total. The number of methoxy groups -OCH3 is 1. The maximum absolute atomic E-state index is 13.2. The number of ether oxygens (including phenoxy) is 1. The van der Waals surface area contributed by atoms with Gasteiger partial charge in [0, 0.05) is 37.7 Å². The van der Waals surface area contributed by atoms with E-state index in [1.54, 1.807) is 31.4 Å². The molecule has 30 heavy (non-hydrogen) atoms. The van der Waals surface area contributed by atoms with Crippen LogP contribution in [0.15, 0.2) is 24.3 Å². The third-order valence-corrected chi connectivity index (χ3v) is 6.14. The second-order valence-electron chi connectivity index (χ2n) is 8.53. The highest BCUT2D eigenvalue weighted by molar-refractivity contribution is 5.97. The summed E-state index contributed by atoms with van der Waals surface area (Å²) in [6, 6.07) is 6.32. The zero-order chi connectivity index (χ0) is 21.7. The number of carbonyl (C=O) groups excluding carboxylic acids is 3. The van der Waals surface area contributed by atoms with E-state index in [0.717, 1.165) is 25.9 Å². The first-order valence-corrected chi connectivity index (χ1v) is 10.9. The van der Waals surface area contributed by atoms with Gasteiger partial charge in [-0.1, -0.05) is 13.8 Å². The smallest absolute Gasteiger partial charge is 0.251 e. The Morgan fingerprint density at radius 2 is 1.50 bits per heavy atom. The molecule has 2 fully saturated rings. The van der Waals surface area contributed by atoms with E-state index in [1.165, 1.54) is 0 Å². The molecule has 0 unspecified atom stereocenters.